The highest BCUT2D eigenvalue weighted by atomic mass is 16.7. The first-order chi connectivity index (χ1) is 11.8. The molecule has 2 aliphatic rings. The fourth-order valence-electron chi connectivity index (χ4n) is 3.18. The predicted molar refractivity (Wildman–Crippen MR) is 91.2 cm³/mol. The first kappa shape index (κ1) is 13.5. The van der Waals surface area contributed by atoms with Crippen LogP contribution in [0.5, 0.6) is 11.5 Å². The number of hydrogen-bond acceptors (Lipinski definition) is 5. The summed E-state index contributed by atoms with van der Waals surface area (Å²) in [6.07, 6.45) is 4.46. The van der Waals surface area contributed by atoms with Gasteiger partial charge in [0.1, 0.15) is 0 Å². The topological polar surface area (TPSA) is 56.6 Å². The van der Waals surface area contributed by atoms with Crippen LogP contribution in [-0.4, -0.2) is 22.5 Å². The van der Waals surface area contributed by atoms with Crippen LogP contribution in [0.15, 0.2) is 47.6 Å². The standard InChI is InChI=1S/C19H15N3O2/c1-2-4-16-15(3-1)20-10-14(22-16)6-5-13-7-12-8-18-19(24-11-23-18)9-17(12)21-13/h1-4,8-10H,5-7,11H2. The molecule has 0 saturated carbocycles. The molecule has 5 heteroatoms. The lowest BCUT2D eigenvalue weighted by Gasteiger charge is -2.02. The summed E-state index contributed by atoms with van der Waals surface area (Å²) in [7, 11) is 0. The lowest BCUT2D eigenvalue weighted by atomic mass is 10.1. The molecule has 5 rings (SSSR count). The minimum Gasteiger partial charge on any atom is -0.454 e. The van der Waals surface area contributed by atoms with Crippen molar-refractivity contribution < 1.29 is 9.47 Å². The Bertz CT molecular complexity index is 982. The Morgan fingerprint density at radius 3 is 2.71 bits per heavy atom. The number of aromatic nitrogens is 2. The van der Waals surface area contributed by atoms with Crippen LogP contribution in [0.3, 0.4) is 0 Å². The number of hydrogen-bond donors (Lipinski definition) is 0. The second-order valence-corrected chi connectivity index (χ2v) is 6.04. The van der Waals surface area contributed by atoms with E-state index in [9.17, 15) is 0 Å². The van der Waals surface area contributed by atoms with E-state index in [4.69, 9.17) is 14.5 Å². The number of aryl methyl sites for hydroxylation is 1. The summed E-state index contributed by atoms with van der Waals surface area (Å²) in [5.74, 6) is 1.62. The van der Waals surface area contributed by atoms with E-state index in [1.165, 1.54) is 11.3 Å². The zero-order valence-electron chi connectivity index (χ0n) is 13.0. The molecule has 0 unspecified atom stereocenters. The molecule has 118 valence electrons. The van der Waals surface area contributed by atoms with Crippen LogP contribution < -0.4 is 9.47 Å². The first-order valence-corrected chi connectivity index (χ1v) is 8.05. The summed E-state index contributed by atoms with van der Waals surface area (Å²) >= 11 is 0. The van der Waals surface area contributed by atoms with Gasteiger partial charge in [0.2, 0.25) is 6.79 Å². The molecular formula is C19H15N3O2. The molecule has 5 nitrogen and oxygen atoms in total. The molecule has 2 aliphatic heterocycles. The number of fused-ring (bicyclic) bond motifs is 3. The number of aliphatic imine (C=N–C) groups is 1. The van der Waals surface area contributed by atoms with Crippen molar-refractivity contribution in [3.8, 4) is 11.5 Å². The van der Waals surface area contributed by atoms with Gasteiger partial charge in [0.05, 0.1) is 22.4 Å². The van der Waals surface area contributed by atoms with Crippen LogP contribution in [0, 0.1) is 0 Å². The van der Waals surface area contributed by atoms with E-state index in [-0.39, 0.29) is 0 Å². The fourth-order valence-corrected chi connectivity index (χ4v) is 3.18. The van der Waals surface area contributed by atoms with Gasteiger partial charge in [-0.25, -0.2) is 4.98 Å². The fraction of sp³-hybridized carbons (Fsp3) is 0.211. The van der Waals surface area contributed by atoms with Crippen LogP contribution >= 0.6 is 0 Å². The Morgan fingerprint density at radius 1 is 0.958 bits per heavy atom. The molecule has 2 aromatic carbocycles. The molecule has 3 heterocycles. The number of benzene rings is 2. The van der Waals surface area contributed by atoms with Crippen molar-refractivity contribution in [2.45, 2.75) is 19.3 Å². The van der Waals surface area contributed by atoms with E-state index in [1.54, 1.807) is 0 Å². The maximum atomic E-state index is 5.44. The van der Waals surface area contributed by atoms with Crippen LogP contribution in [0.25, 0.3) is 11.0 Å². The predicted octanol–water partition coefficient (Wildman–Crippen LogP) is 3.62. The summed E-state index contributed by atoms with van der Waals surface area (Å²) in [6, 6.07) is 12.0. The minimum absolute atomic E-state index is 0.301. The molecule has 1 aromatic heterocycles. The van der Waals surface area contributed by atoms with Gasteiger partial charge < -0.3 is 9.47 Å². The zero-order chi connectivity index (χ0) is 15.9. The zero-order valence-corrected chi connectivity index (χ0v) is 13.0. The lowest BCUT2D eigenvalue weighted by molar-refractivity contribution is 0.174. The minimum atomic E-state index is 0.301. The average molecular weight is 317 g/mol. The van der Waals surface area contributed by atoms with Crippen molar-refractivity contribution in [2.75, 3.05) is 6.79 Å². The van der Waals surface area contributed by atoms with E-state index in [2.05, 4.69) is 9.97 Å². The van der Waals surface area contributed by atoms with E-state index in [0.29, 0.717) is 6.79 Å². The summed E-state index contributed by atoms with van der Waals surface area (Å²) in [5, 5.41) is 0. The molecule has 0 atom stereocenters. The molecule has 0 bridgehead atoms. The molecule has 0 saturated heterocycles. The van der Waals surface area contributed by atoms with E-state index in [0.717, 1.165) is 53.2 Å². The molecule has 0 amide bonds. The Labute approximate surface area is 139 Å². The lowest BCUT2D eigenvalue weighted by Crippen LogP contribution is -2.02. The van der Waals surface area contributed by atoms with Crippen LogP contribution in [0.1, 0.15) is 17.7 Å². The Morgan fingerprint density at radius 2 is 1.79 bits per heavy atom. The van der Waals surface area contributed by atoms with Gasteiger partial charge in [0.15, 0.2) is 11.5 Å². The van der Waals surface area contributed by atoms with Gasteiger partial charge in [-0.2, -0.15) is 0 Å². The summed E-state index contributed by atoms with van der Waals surface area (Å²) in [5.41, 5.74) is 6.25. The Balaban J connectivity index is 1.33. The monoisotopic (exact) mass is 317 g/mol. The second-order valence-electron chi connectivity index (χ2n) is 6.04. The molecule has 0 fully saturated rings. The second kappa shape index (κ2) is 5.30. The van der Waals surface area contributed by atoms with Gasteiger partial charge >= 0.3 is 0 Å². The van der Waals surface area contributed by atoms with Gasteiger partial charge in [0, 0.05) is 24.4 Å². The number of rotatable bonds is 3. The summed E-state index contributed by atoms with van der Waals surface area (Å²) in [6.45, 7) is 0.301. The highest BCUT2D eigenvalue weighted by Crippen LogP contribution is 2.41. The third kappa shape index (κ3) is 2.29. The van der Waals surface area contributed by atoms with Gasteiger partial charge in [0.25, 0.3) is 0 Å². The van der Waals surface area contributed by atoms with Gasteiger partial charge in [-0.05, 0) is 36.6 Å². The van der Waals surface area contributed by atoms with Crippen molar-refractivity contribution in [1.82, 2.24) is 9.97 Å². The van der Waals surface area contributed by atoms with Gasteiger partial charge in [-0.3, -0.25) is 9.98 Å². The highest BCUT2D eigenvalue weighted by Gasteiger charge is 2.21. The van der Waals surface area contributed by atoms with Crippen LogP contribution in [0.2, 0.25) is 0 Å². The summed E-state index contributed by atoms with van der Waals surface area (Å²) in [4.78, 5) is 13.9. The molecule has 3 aromatic rings. The Hall–Kier alpha value is -2.95. The molecule has 0 N–H and O–H groups in total. The smallest absolute Gasteiger partial charge is 0.231 e. The van der Waals surface area contributed by atoms with Crippen molar-refractivity contribution >= 4 is 22.4 Å². The molecule has 0 aliphatic carbocycles. The SMILES string of the molecule is c1ccc2nc(CCC3=Nc4cc5c(cc4C3)OCO5)cnc2c1. The molecule has 24 heavy (non-hydrogen) atoms. The number of ether oxygens (including phenoxy) is 2. The van der Waals surface area contributed by atoms with Gasteiger partial charge in [-0.1, -0.05) is 12.1 Å². The van der Waals surface area contributed by atoms with E-state index < -0.39 is 0 Å². The molecular weight excluding hydrogens is 302 g/mol. The quantitative estimate of drug-likeness (QED) is 0.740. The Kier molecular flexibility index (Phi) is 2.98. The third-order valence-electron chi connectivity index (χ3n) is 4.42. The molecule has 0 radical (unpaired) electrons. The van der Waals surface area contributed by atoms with Crippen molar-refractivity contribution in [3.05, 3.63) is 53.9 Å². The van der Waals surface area contributed by atoms with Gasteiger partial charge in [-0.15, -0.1) is 0 Å². The normalized spacial score (nSPS) is 14.8. The van der Waals surface area contributed by atoms with Crippen molar-refractivity contribution in [2.24, 2.45) is 4.99 Å². The maximum Gasteiger partial charge on any atom is 0.231 e. The van der Waals surface area contributed by atoms with Crippen molar-refractivity contribution in [1.29, 1.82) is 0 Å². The number of para-hydroxylation sites is 2. The largest absolute Gasteiger partial charge is 0.454 e. The summed E-state index contributed by atoms with van der Waals surface area (Å²) < 4.78 is 10.9. The molecule has 0 spiro atoms. The average Bonchev–Trinajstić information content (AvgIpc) is 3.22. The van der Waals surface area contributed by atoms with E-state index >= 15 is 0 Å². The first-order valence-electron chi connectivity index (χ1n) is 8.05. The third-order valence-corrected chi connectivity index (χ3v) is 4.42. The number of nitrogens with zero attached hydrogens (tertiary/aromatic N) is 3. The van der Waals surface area contributed by atoms with Crippen LogP contribution in [-0.2, 0) is 12.8 Å². The highest BCUT2D eigenvalue weighted by molar-refractivity contribution is 5.94. The van der Waals surface area contributed by atoms with Crippen molar-refractivity contribution in [3.63, 3.8) is 0 Å². The van der Waals surface area contributed by atoms with E-state index in [1.807, 2.05) is 42.6 Å². The maximum absolute atomic E-state index is 5.44. The van der Waals surface area contributed by atoms with Crippen LogP contribution in [0.4, 0.5) is 5.69 Å².